The van der Waals surface area contributed by atoms with E-state index in [2.05, 4.69) is 0 Å². The molecule has 18 heavy (non-hydrogen) atoms. The molecule has 0 amide bonds. The quantitative estimate of drug-likeness (QED) is 0.743. The van der Waals surface area contributed by atoms with Crippen LogP contribution in [0, 0.1) is 11.6 Å². The summed E-state index contributed by atoms with van der Waals surface area (Å²) in [4.78, 5) is 12.0. The molecule has 0 radical (unpaired) electrons. The van der Waals surface area contributed by atoms with Crippen molar-refractivity contribution in [3.05, 3.63) is 69.2 Å². The van der Waals surface area contributed by atoms with Crippen LogP contribution in [0.4, 0.5) is 8.78 Å². The van der Waals surface area contributed by atoms with Gasteiger partial charge in [-0.2, -0.15) is 0 Å². The molecule has 0 N–H and O–H groups in total. The van der Waals surface area contributed by atoms with Crippen LogP contribution in [0.2, 0.25) is 10.0 Å². The molecule has 1 nitrogen and oxygen atoms in total. The number of hydrogen-bond donors (Lipinski definition) is 0. The number of halogens is 4. The fourth-order valence-electron chi connectivity index (χ4n) is 1.49. The van der Waals surface area contributed by atoms with E-state index >= 15 is 0 Å². The molecule has 2 aromatic carbocycles. The lowest BCUT2D eigenvalue weighted by atomic mass is 10.0. The van der Waals surface area contributed by atoms with Crippen LogP contribution in [0.5, 0.6) is 0 Å². The van der Waals surface area contributed by atoms with Crippen LogP contribution < -0.4 is 0 Å². The third-order valence-corrected chi connectivity index (χ3v) is 2.91. The Balaban J connectivity index is 2.54. The molecule has 0 bridgehead atoms. The predicted molar refractivity (Wildman–Crippen MR) is 66.3 cm³/mol. The van der Waals surface area contributed by atoms with Gasteiger partial charge in [-0.25, -0.2) is 8.78 Å². The van der Waals surface area contributed by atoms with E-state index in [1.807, 2.05) is 0 Å². The van der Waals surface area contributed by atoms with Gasteiger partial charge in [0.15, 0.2) is 5.78 Å². The Kier molecular flexibility index (Phi) is 3.64. The lowest BCUT2D eigenvalue weighted by Gasteiger charge is -2.05. The summed E-state index contributed by atoms with van der Waals surface area (Å²) >= 11 is 11.6. The van der Waals surface area contributed by atoms with Crippen molar-refractivity contribution in [3.63, 3.8) is 0 Å². The van der Waals surface area contributed by atoms with Gasteiger partial charge in [-0.3, -0.25) is 4.79 Å². The average Bonchev–Trinajstić information content (AvgIpc) is 2.34. The maximum absolute atomic E-state index is 13.5. The molecule has 92 valence electrons. The van der Waals surface area contributed by atoms with Crippen LogP contribution in [0.15, 0.2) is 36.4 Å². The molecule has 0 aliphatic rings. The molecule has 0 aliphatic heterocycles. The summed E-state index contributed by atoms with van der Waals surface area (Å²) < 4.78 is 26.5. The van der Waals surface area contributed by atoms with E-state index in [1.54, 1.807) is 0 Å². The zero-order valence-corrected chi connectivity index (χ0v) is 10.4. The molecular formula is C13H6Cl2F2O. The summed E-state index contributed by atoms with van der Waals surface area (Å²) in [5.41, 5.74) is -0.340. The van der Waals surface area contributed by atoms with Crippen LogP contribution in [0.25, 0.3) is 0 Å². The van der Waals surface area contributed by atoms with Crippen molar-refractivity contribution in [2.45, 2.75) is 0 Å². The van der Waals surface area contributed by atoms with Crippen molar-refractivity contribution >= 4 is 29.0 Å². The molecule has 0 saturated carbocycles. The molecule has 5 heteroatoms. The van der Waals surface area contributed by atoms with E-state index in [0.29, 0.717) is 5.02 Å². The van der Waals surface area contributed by atoms with Gasteiger partial charge in [0.2, 0.25) is 0 Å². The van der Waals surface area contributed by atoms with Gasteiger partial charge in [0.25, 0.3) is 0 Å². The van der Waals surface area contributed by atoms with Crippen molar-refractivity contribution in [1.29, 1.82) is 0 Å². The molecule has 0 heterocycles. The largest absolute Gasteiger partial charge is 0.288 e. The molecule has 2 rings (SSSR count). The molecule has 0 spiro atoms. The van der Waals surface area contributed by atoms with Crippen LogP contribution in [-0.2, 0) is 0 Å². The maximum atomic E-state index is 13.5. The van der Waals surface area contributed by atoms with Crippen molar-refractivity contribution in [2.75, 3.05) is 0 Å². The highest BCUT2D eigenvalue weighted by Crippen LogP contribution is 2.24. The first kappa shape index (κ1) is 13.0. The van der Waals surface area contributed by atoms with Gasteiger partial charge in [-0.05, 0) is 36.4 Å². The van der Waals surface area contributed by atoms with E-state index in [9.17, 15) is 13.6 Å². The minimum Gasteiger partial charge on any atom is -0.288 e. The number of carbonyl (C=O) groups excluding carboxylic acids is 1. The highest BCUT2D eigenvalue weighted by atomic mass is 35.5. The topological polar surface area (TPSA) is 17.1 Å². The average molecular weight is 287 g/mol. The Morgan fingerprint density at radius 1 is 0.944 bits per heavy atom. The van der Waals surface area contributed by atoms with Crippen molar-refractivity contribution < 1.29 is 13.6 Å². The predicted octanol–water partition coefficient (Wildman–Crippen LogP) is 4.50. The standard InChI is InChI=1S/C13H6Cl2F2O/c14-7-1-3-11(15)9(5-7)13(18)10-6-8(16)2-4-12(10)17/h1-6H. The second-order valence-corrected chi connectivity index (χ2v) is 4.42. The van der Waals surface area contributed by atoms with Crippen LogP contribution in [0.1, 0.15) is 15.9 Å². The minimum atomic E-state index is -0.808. The normalized spacial score (nSPS) is 10.4. The third kappa shape index (κ3) is 2.52. The van der Waals surface area contributed by atoms with E-state index in [-0.39, 0.29) is 16.1 Å². The summed E-state index contributed by atoms with van der Waals surface area (Å²) in [7, 11) is 0. The van der Waals surface area contributed by atoms with Crippen LogP contribution >= 0.6 is 23.2 Å². The number of carbonyl (C=O) groups is 1. The number of hydrogen-bond acceptors (Lipinski definition) is 1. The van der Waals surface area contributed by atoms with Gasteiger partial charge in [-0.1, -0.05) is 23.2 Å². The maximum Gasteiger partial charge on any atom is 0.197 e. The zero-order valence-electron chi connectivity index (χ0n) is 8.88. The van der Waals surface area contributed by atoms with Crippen molar-refractivity contribution in [2.24, 2.45) is 0 Å². The van der Waals surface area contributed by atoms with Gasteiger partial charge < -0.3 is 0 Å². The molecule has 0 saturated heterocycles. The zero-order chi connectivity index (χ0) is 13.3. The van der Waals surface area contributed by atoms with Gasteiger partial charge in [-0.15, -0.1) is 0 Å². The van der Waals surface area contributed by atoms with Gasteiger partial charge in [0.05, 0.1) is 10.6 Å². The van der Waals surface area contributed by atoms with E-state index < -0.39 is 17.4 Å². The summed E-state index contributed by atoms with van der Waals surface area (Å²) in [6.45, 7) is 0. The summed E-state index contributed by atoms with van der Waals surface area (Å²) in [6, 6.07) is 6.90. The highest BCUT2D eigenvalue weighted by molar-refractivity contribution is 6.36. The van der Waals surface area contributed by atoms with Gasteiger partial charge >= 0.3 is 0 Å². The Morgan fingerprint density at radius 2 is 1.67 bits per heavy atom. The number of benzene rings is 2. The molecule has 0 aromatic heterocycles. The lowest BCUT2D eigenvalue weighted by Crippen LogP contribution is -2.05. The minimum absolute atomic E-state index is 0.0358. The number of ketones is 1. The fraction of sp³-hybridized carbons (Fsp3) is 0. The Hall–Kier alpha value is -1.45. The number of rotatable bonds is 2. The smallest absolute Gasteiger partial charge is 0.197 e. The van der Waals surface area contributed by atoms with Crippen molar-refractivity contribution in [3.8, 4) is 0 Å². The second kappa shape index (κ2) is 5.04. The molecule has 0 aliphatic carbocycles. The second-order valence-electron chi connectivity index (χ2n) is 3.58. The molecule has 0 unspecified atom stereocenters. The van der Waals surface area contributed by atoms with E-state index in [0.717, 1.165) is 18.2 Å². The first-order chi connectivity index (χ1) is 8.49. The van der Waals surface area contributed by atoms with Gasteiger partial charge in [0, 0.05) is 10.6 Å². The van der Waals surface area contributed by atoms with Crippen LogP contribution in [0.3, 0.4) is 0 Å². The summed E-state index contributed by atoms with van der Waals surface area (Å²) in [5, 5.41) is 0.424. The SMILES string of the molecule is O=C(c1cc(F)ccc1F)c1cc(Cl)ccc1Cl. The first-order valence-electron chi connectivity index (χ1n) is 4.94. The molecule has 2 aromatic rings. The van der Waals surface area contributed by atoms with E-state index in [1.165, 1.54) is 18.2 Å². The first-order valence-corrected chi connectivity index (χ1v) is 5.69. The Bertz CT molecular complexity index is 573. The summed E-state index contributed by atoms with van der Waals surface area (Å²) in [5.74, 6) is -2.21. The van der Waals surface area contributed by atoms with Gasteiger partial charge in [0.1, 0.15) is 11.6 Å². The molecule has 0 fully saturated rings. The third-order valence-electron chi connectivity index (χ3n) is 2.35. The monoisotopic (exact) mass is 286 g/mol. The Labute approximate surface area is 112 Å². The van der Waals surface area contributed by atoms with E-state index in [4.69, 9.17) is 23.2 Å². The van der Waals surface area contributed by atoms with Crippen molar-refractivity contribution in [1.82, 2.24) is 0 Å². The van der Waals surface area contributed by atoms with Crippen LogP contribution in [-0.4, -0.2) is 5.78 Å². The molecule has 0 atom stereocenters. The highest BCUT2D eigenvalue weighted by Gasteiger charge is 2.17. The lowest BCUT2D eigenvalue weighted by molar-refractivity contribution is 0.103. The fourth-order valence-corrected chi connectivity index (χ4v) is 1.86. The Morgan fingerprint density at radius 3 is 2.39 bits per heavy atom. The summed E-state index contributed by atoms with van der Waals surface area (Å²) in [6.07, 6.45) is 0. The molecular weight excluding hydrogens is 281 g/mol.